The Bertz CT molecular complexity index is 905. The number of hydrogen-bond donors (Lipinski definition) is 1. The number of aromatic nitrogens is 1. The summed E-state index contributed by atoms with van der Waals surface area (Å²) in [7, 11) is 0. The van der Waals surface area contributed by atoms with Gasteiger partial charge >= 0.3 is 6.09 Å². The molecule has 1 aromatic heterocycles. The summed E-state index contributed by atoms with van der Waals surface area (Å²) in [5.41, 5.74) is 1.95. The van der Waals surface area contributed by atoms with E-state index >= 15 is 0 Å². The monoisotopic (exact) mass is 430 g/mol. The number of nitrogens with zero attached hydrogens (tertiary/aromatic N) is 2. The number of carbonyl (C=O) groups is 1. The van der Waals surface area contributed by atoms with Crippen molar-refractivity contribution in [1.82, 2.24) is 10.1 Å². The highest BCUT2D eigenvalue weighted by Crippen LogP contribution is 2.33. The maximum atomic E-state index is 12.2. The first-order valence-electron chi connectivity index (χ1n) is 11.4. The van der Waals surface area contributed by atoms with Gasteiger partial charge in [-0.25, -0.2) is 4.79 Å². The number of likely N-dealkylation sites (tertiary alicyclic amines) is 1. The lowest BCUT2D eigenvalue weighted by atomic mass is 9.91. The molecule has 2 aromatic rings. The third kappa shape index (κ3) is 5.70. The van der Waals surface area contributed by atoms with Crippen LogP contribution in [0.1, 0.15) is 64.1 Å². The molecule has 2 aliphatic rings. The van der Waals surface area contributed by atoms with Gasteiger partial charge in [0.05, 0.1) is 18.9 Å². The summed E-state index contributed by atoms with van der Waals surface area (Å²) in [5.74, 6) is 1.89. The quantitative estimate of drug-likeness (QED) is 0.686. The first-order chi connectivity index (χ1) is 14.8. The Kier molecular flexibility index (Phi) is 6.42. The van der Waals surface area contributed by atoms with Gasteiger partial charge in [-0.3, -0.25) is 0 Å². The van der Waals surface area contributed by atoms with Crippen LogP contribution in [0.2, 0.25) is 0 Å². The van der Waals surface area contributed by atoms with Crippen LogP contribution in [0.3, 0.4) is 0 Å². The summed E-state index contributed by atoms with van der Waals surface area (Å²) in [4.78, 5) is 14.0. The Hall–Kier alpha value is -2.28. The van der Waals surface area contributed by atoms with E-state index in [4.69, 9.17) is 14.0 Å². The number of piperidine rings is 1. The topological polar surface area (TPSA) is 85.0 Å². The van der Waals surface area contributed by atoms with E-state index in [0.717, 1.165) is 55.4 Å². The summed E-state index contributed by atoms with van der Waals surface area (Å²) in [5, 5.41) is 15.0. The van der Waals surface area contributed by atoms with Crippen LogP contribution in [0.4, 0.5) is 4.79 Å². The van der Waals surface area contributed by atoms with Crippen LogP contribution in [-0.4, -0.2) is 46.6 Å². The number of amides is 1. The Morgan fingerprint density at radius 1 is 1.19 bits per heavy atom. The zero-order valence-corrected chi connectivity index (χ0v) is 18.9. The summed E-state index contributed by atoms with van der Waals surface area (Å²) in [6.45, 7) is 7.77. The second kappa shape index (κ2) is 9.07. The molecule has 0 atom stereocenters. The molecule has 1 N–H and O–H groups in total. The number of ether oxygens (including phenoxy) is 2. The van der Waals surface area contributed by atoms with Gasteiger partial charge in [-0.05, 0) is 77.2 Å². The molecule has 1 amide bonds. The lowest BCUT2D eigenvalue weighted by molar-refractivity contribution is 0.0181. The molecule has 2 heterocycles. The molecule has 1 aliphatic heterocycles. The highest BCUT2D eigenvalue weighted by molar-refractivity contribution is 5.82. The molecule has 1 saturated heterocycles. The van der Waals surface area contributed by atoms with Crippen molar-refractivity contribution in [3.63, 3.8) is 0 Å². The van der Waals surface area contributed by atoms with Crippen LogP contribution in [0, 0.1) is 11.8 Å². The van der Waals surface area contributed by atoms with E-state index in [1.165, 1.54) is 12.8 Å². The normalized spacial score (nSPS) is 17.9. The van der Waals surface area contributed by atoms with Crippen LogP contribution < -0.4 is 4.74 Å². The van der Waals surface area contributed by atoms with Crippen molar-refractivity contribution in [3.8, 4) is 5.75 Å². The first-order valence-corrected chi connectivity index (χ1v) is 11.4. The van der Waals surface area contributed by atoms with Crippen molar-refractivity contribution in [3.05, 3.63) is 23.4 Å². The van der Waals surface area contributed by atoms with E-state index in [1.807, 2.05) is 37.8 Å². The molecule has 1 aliphatic carbocycles. The molecular formula is C24H34N2O5. The predicted octanol–water partition coefficient (Wildman–Crippen LogP) is 4.69. The van der Waals surface area contributed by atoms with E-state index < -0.39 is 5.60 Å². The van der Waals surface area contributed by atoms with Gasteiger partial charge in [0.1, 0.15) is 11.4 Å². The molecule has 0 radical (unpaired) electrons. The Morgan fingerprint density at radius 2 is 1.94 bits per heavy atom. The Morgan fingerprint density at radius 3 is 2.58 bits per heavy atom. The number of fused-ring (bicyclic) bond motifs is 1. The van der Waals surface area contributed by atoms with Crippen LogP contribution in [0.15, 0.2) is 16.7 Å². The smallest absolute Gasteiger partial charge is 0.410 e. The second-order valence-electron chi connectivity index (χ2n) is 9.95. The van der Waals surface area contributed by atoms with Gasteiger partial charge in [-0.2, -0.15) is 0 Å². The molecule has 7 heteroatoms. The van der Waals surface area contributed by atoms with E-state index in [-0.39, 0.29) is 12.7 Å². The third-order valence-electron chi connectivity index (χ3n) is 6.13. The third-order valence-corrected chi connectivity index (χ3v) is 6.13. The van der Waals surface area contributed by atoms with Gasteiger partial charge in [0.25, 0.3) is 0 Å². The van der Waals surface area contributed by atoms with Gasteiger partial charge in [0.2, 0.25) is 0 Å². The molecule has 2 fully saturated rings. The van der Waals surface area contributed by atoms with Crippen molar-refractivity contribution in [1.29, 1.82) is 0 Å². The minimum Gasteiger partial charge on any atom is -0.493 e. The standard InChI is InChI=1S/C24H34N2O5/c1-24(2,3)30-23(28)26-10-8-16(9-11-26)6-7-20-19-12-18(14-27)21(13-22(19)31-25-20)29-15-17-4-5-17/h12-13,16-17,27H,4-11,14-15H2,1-3H3. The lowest BCUT2D eigenvalue weighted by Gasteiger charge is -2.33. The van der Waals surface area contributed by atoms with Crippen molar-refractivity contribution in [2.75, 3.05) is 19.7 Å². The molecular weight excluding hydrogens is 396 g/mol. The summed E-state index contributed by atoms with van der Waals surface area (Å²) in [6, 6.07) is 3.81. The average molecular weight is 431 g/mol. The molecule has 170 valence electrons. The fraction of sp³-hybridized carbons (Fsp3) is 0.667. The minimum atomic E-state index is -0.460. The van der Waals surface area contributed by atoms with Crippen molar-refractivity contribution >= 4 is 17.1 Å². The highest BCUT2D eigenvalue weighted by Gasteiger charge is 2.27. The SMILES string of the molecule is CC(C)(C)OC(=O)N1CCC(CCc2noc3cc(OCC4CC4)c(CO)cc23)CC1. The predicted molar refractivity (Wildman–Crippen MR) is 117 cm³/mol. The molecule has 31 heavy (non-hydrogen) atoms. The van der Waals surface area contributed by atoms with Gasteiger partial charge < -0.3 is 24.0 Å². The Balaban J connectivity index is 1.32. The van der Waals surface area contributed by atoms with Crippen molar-refractivity contribution in [2.24, 2.45) is 11.8 Å². The summed E-state index contributed by atoms with van der Waals surface area (Å²) >= 11 is 0. The number of benzene rings is 1. The van der Waals surface area contributed by atoms with Gasteiger partial charge in [0.15, 0.2) is 5.58 Å². The van der Waals surface area contributed by atoms with Gasteiger partial charge in [-0.15, -0.1) is 0 Å². The number of aryl methyl sites for hydroxylation is 1. The maximum absolute atomic E-state index is 12.2. The van der Waals surface area contributed by atoms with Crippen molar-refractivity contribution in [2.45, 2.75) is 71.5 Å². The molecule has 7 nitrogen and oxygen atoms in total. The zero-order chi connectivity index (χ0) is 22.0. The van der Waals surface area contributed by atoms with Crippen LogP contribution in [-0.2, 0) is 17.8 Å². The van der Waals surface area contributed by atoms with Gasteiger partial charge in [0, 0.05) is 30.1 Å². The molecule has 1 aromatic carbocycles. The van der Waals surface area contributed by atoms with Gasteiger partial charge in [-0.1, -0.05) is 5.16 Å². The molecule has 0 spiro atoms. The number of aliphatic hydroxyl groups is 1. The first kappa shape index (κ1) is 21.9. The molecule has 0 unspecified atom stereocenters. The minimum absolute atomic E-state index is 0.0658. The second-order valence-corrected chi connectivity index (χ2v) is 9.95. The maximum Gasteiger partial charge on any atom is 0.410 e. The zero-order valence-electron chi connectivity index (χ0n) is 18.9. The Labute approximate surface area is 183 Å². The van der Waals surface area contributed by atoms with Crippen molar-refractivity contribution < 1.29 is 23.9 Å². The fourth-order valence-corrected chi connectivity index (χ4v) is 4.06. The molecule has 4 rings (SSSR count). The molecule has 0 bridgehead atoms. The van der Waals surface area contributed by atoms with Crippen LogP contribution in [0.25, 0.3) is 11.0 Å². The fourth-order valence-electron chi connectivity index (χ4n) is 4.06. The summed E-state index contributed by atoms with van der Waals surface area (Å²) < 4.78 is 16.9. The lowest BCUT2D eigenvalue weighted by Crippen LogP contribution is -2.41. The molecule has 1 saturated carbocycles. The van der Waals surface area contributed by atoms with E-state index in [1.54, 1.807) is 0 Å². The van der Waals surface area contributed by atoms with E-state index in [9.17, 15) is 9.90 Å². The highest BCUT2D eigenvalue weighted by atomic mass is 16.6. The number of carbonyl (C=O) groups excluding carboxylic acids is 1. The summed E-state index contributed by atoms with van der Waals surface area (Å²) in [6.07, 6.45) is 5.98. The van der Waals surface area contributed by atoms with E-state index in [2.05, 4.69) is 5.16 Å². The van der Waals surface area contributed by atoms with Crippen LogP contribution in [0.5, 0.6) is 5.75 Å². The van der Waals surface area contributed by atoms with Crippen LogP contribution >= 0.6 is 0 Å². The average Bonchev–Trinajstić information content (AvgIpc) is 3.48. The largest absolute Gasteiger partial charge is 0.493 e. The number of hydrogen-bond acceptors (Lipinski definition) is 6. The number of aliphatic hydroxyl groups excluding tert-OH is 1. The van der Waals surface area contributed by atoms with E-state index in [0.29, 0.717) is 29.8 Å². The number of rotatable bonds is 7.